The lowest BCUT2D eigenvalue weighted by Gasteiger charge is -2.31. The van der Waals surface area contributed by atoms with Crippen molar-refractivity contribution in [3.05, 3.63) is 11.6 Å². The van der Waals surface area contributed by atoms with Gasteiger partial charge in [0, 0.05) is 5.41 Å². The molecule has 1 heteroatoms. The standard InChI is InChI=1S/C16H26O/c1-5-6-7-8-9-12-13-10-11-16(4,14(12)17)15(13,2)3/h9,13H,5-8,10-11H2,1-4H3. The van der Waals surface area contributed by atoms with Crippen molar-refractivity contribution in [1.29, 1.82) is 0 Å². The monoisotopic (exact) mass is 234 g/mol. The molecule has 2 unspecified atom stereocenters. The molecule has 2 aliphatic carbocycles. The number of fused-ring (bicyclic) bond motifs is 2. The average Bonchev–Trinajstić information content (AvgIpc) is 2.58. The van der Waals surface area contributed by atoms with E-state index in [9.17, 15) is 4.79 Å². The minimum absolute atomic E-state index is 0.0751. The largest absolute Gasteiger partial charge is 0.294 e. The van der Waals surface area contributed by atoms with E-state index >= 15 is 0 Å². The summed E-state index contributed by atoms with van der Waals surface area (Å²) >= 11 is 0. The molecule has 0 N–H and O–H groups in total. The highest BCUT2D eigenvalue weighted by Crippen LogP contribution is 2.65. The Morgan fingerprint density at radius 1 is 1.29 bits per heavy atom. The summed E-state index contributed by atoms with van der Waals surface area (Å²) in [6, 6.07) is 0. The second kappa shape index (κ2) is 4.26. The number of ketones is 1. The Kier molecular flexibility index (Phi) is 3.22. The molecule has 0 spiro atoms. The third kappa shape index (κ3) is 1.70. The summed E-state index contributed by atoms with van der Waals surface area (Å²) in [5, 5.41) is 0. The van der Waals surface area contributed by atoms with E-state index in [-0.39, 0.29) is 10.8 Å². The van der Waals surface area contributed by atoms with Gasteiger partial charge in [0.15, 0.2) is 5.78 Å². The molecule has 0 saturated heterocycles. The summed E-state index contributed by atoms with van der Waals surface area (Å²) in [7, 11) is 0. The summed E-state index contributed by atoms with van der Waals surface area (Å²) in [4.78, 5) is 12.5. The highest BCUT2D eigenvalue weighted by Gasteiger charge is 2.63. The van der Waals surface area contributed by atoms with Crippen molar-refractivity contribution >= 4 is 5.78 Å². The molecule has 1 nitrogen and oxygen atoms in total. The third-order valence-corrected chi connectivity index (χ3v) is 5.54. The maximum Gasteiger partial charge on any atom is 0.165 e. The summed E-state index contributed by atoms with van der Waals surface area (Å²) in [6.45, 7) is 8.98. The first-order valence-corrected chi connectivity index (χ1v) is 7.20. The predicted octanol–water partition coefficient (Wildman–Crippen LogP) is 4.52. The van der Waals surface area contributed by atoms with Crippen LogP contribution in [0, 0.1) is 16.7 Å². The van der Waals surface area contributed by atoms with Gasteiger partial charge in [-0.3, -0.25) is 4.79 Å². The zero-order chi connectivity index (χ0) is 12.7. The van der Waals surface area contributed by atoms with Crippen molar-refractivity contribution in [2.75, 3.05) is 0 Å². The Morgan fingerprint density at radius 3 is 2.53 bits per heavy atom. The first kappa shape index (κ1) is 12.9. The van der Waals surface area contributed by atoms with Crippen molar-refractivity contribution in [3.63, 3.8) is 0 Å². The van der Waals surface area contributed by atoms with Crippen molar-refractivity contribution in [3.8, 4) is 0 Å². The van der Waals surface area contributed by atoms with E-state index < -0.39 is 0 Å². The van der Waals surface area contributed by atoms with Gasteiger partial charge >= 0.3 is 0 Å². The first-order chi connectivity index (χ1) is 7.95. The number of carbonyl (C=O) groups excluding carboxylic acids is 1. The van der Waals surface area contributed by atoms with Crippen LogP contribution in [-0.2, 0) is 4.79 Å². The van der Waals surface area contributed by atoms with E-state index in [1.807, 2.05) is 0 Å². The molecule has 0 aromatic carbocycles. The molecule has 17 heavy (non-hydrogen) atoms. The Bertz CT molecular complexity index is 351. The van der Waals surface area contributed by atoms with E-state index in [0.29, 0.717) is 11.7 Å². The van der Waals surface area contributed by atoms with Gasteiger partial charge in [0.2, 0.25) is 0 Å². The van der Waals surface area contributed by atoms with Crippen LogP contribution in [0.2, 0.25) is 0 Å². The fourth-order valence-electron chi connectivity index (χ4n) is 3.81. The van der Waals surface area contributed by atoms with E-state index in [2.05, 4.69) is 33.8 Å². The van der Waals surface area contributed by atoms with Gasteiger partial charge in [-0.25, -0.2) is 0 Å². The Balaban J connectivity index is 2.14. The molecule has 2 saturated carbocycles. The van der Waals surface area contributed by atoms with Gasteiger partial charge in [0.25, 0.3) is 0 Å². The lowest BCUT2D eigenvalue weighted by Crippen LogP contribution is -2.32. The topological polar surface area (TPSA) is 17.1 Å². The Labute approximate surface area is 106 Å². The Morgan fingerprint density at radius 2 is 2.00 bits per heavy atom. The number of allylic oxidation sites excluding steroid dienone is 2. The summed E-state index contributed by atoms with van der Waals surface area (Å²) in [5.41, 5.74) is 1.27. The summed E-state index contributed by atoms with van der Waals surface area (Å²) < 4.78 is 0. The normalized spacial score (nSPS) is 37.1. The zero-order valence-corrected chi connectivity index (χ0v) is 11.8. The first-order valence-electron chi connectivity index (χ1n) is 7.20. The molecule has 0 aromatic rings. The molecule has 2 bridgehead atoms. The minimum atomic E-state index is -0.0751. The van der Waals surface area contributed by atoms with Gasteiger partial charge in [0.05, 0.1) is 0 Å². The number of hydrogen-bond donors (Lipinski definition) is 0. The van der Waals surface area contributed by atoms with Gasteiger partial charge in [-0.05, 0) is 42.6 Å². The molecule has 2 atom stereocenters. The van der Waals surface area contributed by atoms with E-state index in [1.165, 1.54) is 31.3 Å². The smallest absolute Gasteiger partial charge is 0.165 e. The van der Waals surface area contributed by atoms with Crippen LogP contribution in [0.25, 0.3) is 0 Å². The molecule has 0 amide bonds. The number of unbranched alkanes of at least 4 members (excludes halogenated alkanes) is 3. The van der Waals surface area contributed by atoms with E-state index in [4.69, 9.17) is 0 Å². The molecule has 2 fully saturated rings. The van der Waals surface area contributed by atoms with Crippen LogP contribution in [0.4, 0.5) is 0 Å². The number of carbonyl (C=O) groups is 1. The lowest BCUT2D eigenvalue weighted by atomic mass is 9.70. The van der Waals surface area contributed by atoms with Gasteiger partial charge in [-0.2, -0.15) is 0 Å². The average molecular weight is 234 g/mol. The molecule has 2 rings (SSSR count). The minimum Gasteiger partial charge on any atom is -0.294 e. The molecule has 2 aliphatic rings. The van der Waals surface area contributed by atoms with Crippen LogP contribution in [-0.4, -0.2) is 5.78 Å². The van der Waals surface area contributed by atoms with Crippen LogP contribution in [0.1, 0.15) is 66.2 Å². The maximum absolute atomic E-state index is 12.5. The fraction of sp³-hybridized carbons (Fsp3) is 0.812. The van der Waals surface area contributed by atoms with Crippen LogP contribution >= 0.6 is 0 Å². The van der Waals surface area contributed by atoms with Gasteiger partial charge in [-0.1, -0.05) is 46.6 Å². The van der Waals surface area contributed by atoms with Gasteiger partial charge < -0.3 is 0 Å². The summed E-state index contributed by atoms with van der Waals surface area (Å²) in [5.74, 6) is 0.983. The van der Waals surface area contributed by atoms with Crippen LogP contribution in [0.5, 0.6) is 0 Å². The SMILES string of the molecule is CCCCCC=C1C(=O)C2(C)CCC1C2(C)C. The predicted molar refractivity (Wildman–Crippen MR) is 71.8 cm³/mol. The number of rotatable bonds is 4. The fourth-order valence-corrected chi connectivity index (χ4v) is 3.81. The van der Waals surface area contributed by atoms with Crippen LogP contribution in [0.15, 0.2) is 11.6 Å². The van der Waals surface area contributed by atoms with Crippen molar-refractivity contribution in [1.82, 2.24) is 0 Å². The van der Waals surface area contributed by atoms with Crippen LogP contribution in [0.3, 0.4) is 0 Å². The second-order valence-electron chi connectivity index (χ2n) is 6.63. The van der Waals surface area contributed by atoms with Crippen molar-refractivity contribution in [2.24, 2.45) is 16.7 Å². The molecule has 0 aromatic heterocycles. The third-order valence-electron chi connectivity index (χ3n) is 5.54. The zero-order valence-electron chi connectivity index (χ0n) is 11.8. The molecule has 0 heterocycles. The number of hydrogen-bond acceptors (Lipinski definition) is 1. The van der Waals surface area contributed by atoms with E-state index in [0.717, 1.165) is 12.8 Å². The quantitative estimate of drug-likeness (QED) is 0.516. The van der Waals surface area contributed by atoms with Gasteiger partial charge in [0.1, 0.15) is 0 Å². The molecule has 96 valence electrons. The molecule has 0 aliphatic heterocycles. The van der Waals surface area contributed by atoms with E-state index in [1.54, 1.807) is 0 Å². The highest BCUT2D eigenvalue weighted by molar-refractivity contribution is 6.04. The van der Waals surface area contributed by atoms with Crippen LogP contribution < -0.4 is 0 Å². The van der Waals surface area contributed by atoms with Gasteiger partial charge in [-0.15, -0.1) is 0 Å². The maximum atomic E-state index is 12.5. The molecular formula is C16H26O. The van der Waals surface area contributed by atoms with Crippen molar-refractivity contribution < 1.29 is 4.79 Å². The number of Topliss-reactive ketones (excluding diaryl/α,β-unsaturated/α-hetero) is 1. The second-order valence-corrected chi connectivity index (χ2v) is 6.63. The van der Waals surface area contributed by atoms with Crippen molar-refractivity contribution in [2.45, 2.75) is 66.2 Å². The lowest BCUT2D eigenvalue weighted by molar-refractivity contribution is -0.125. The Hall–Kier alpha value is -0.590. The molecular weight excluding hydrogens is 208 g/mol. The molecule has 0 radical (unpaired) electrons. The highest BCUT2D eigenvalue weighted by atomic mass is 16.1. The summed E-state index contributed by atoms with van der Waals surface area (Å²) in [6.07, 6.45) is 9.43.